The highest BCUT2D eigenvalue weighted by molar-refractivity contribution is 5.88. The highest BCUT2D eigenvalue weighted by Crippen LogP contribution is 2.35. The van der Waals surface area contributed by atoms with Crippen molar-refractivity contribution in [1.82, 2.24) is 19.6 Å². The number of carbonyl (C=O) groups is 1. The third kappa shape index (κ3) is 3.87. The number of carbonyl (C=O) groups excluding carboxylic acids is 1. The van der Waals surface area contributed by atoms with Crippen LogP contribution in [-0.2, 0) is 0 Å². The number of para-hydroxylation sites is 1. The van der Waals surface area contributed by atoms with Gasteiger partial charge in [0.25, 0.3) is 0 Å². The number of benzene rings is 3. The Balaban J connectivity index is 1.72. The van der Waals surface area contributed by atoms with Crippen LogP contribution in [0.25, 0.3) is 39.5 Å². The first kappa shape index (κ1) is 20.3. The summed E-state index contributed by atoms with van der Waals surface area (Å²) in [4.78, 5) is 12.5. The molecule has 0 atom stereocenters. The highest BCUT2D eigenvalue weighted by atomic mass is 16.3. The van der Waals surface area contributed by atoms with Gasteiger partial charge in [-0.25, -0.2) is 4.68 Å². The molecule has 33 heavy (non-hydrogen) atoms. The molecular formula is C26H20N4O3. The maximum Gasteiger partial charge on any atom is 0.244 e. The van der Waals surface area contributed by atoms with Crippen molar-refractivity contribution >= 4 is 5.91 Å². The summed E-state index contributed by atoms with van der Waals surface area (Å²) >= 11 is 0. The minimum absolute atomic E-state index is 0.156. The van der Waals surface area contributed by atoms with Crippen LogP contribution in [0.4, 0.5) is 0 Å². The van der Waals surface area contributed by atoms with E-state index < -0.39 is 0 Å². The molecule has 2 heterocycles. The minimum Gasteiger partial charge on any atom is -0.508 e. The molecule has 0 radical (unpaired) electrons. The largest absolute Gasteiger partial charge is 0.508 e. The molecule has 7 heteroatoms. The minimum atomic E-state index is -0.237. The van der Waals surface area contributed by atoms with Crippen molar-refractivity contribution in [3.8, 4) is 51.0 Å². The Bertz CT molecular complexity index is 1430. The van der Waals surface area contributed by atoms with Gasteiger partial charge >= 0.3 is 0 Å². The van der Waals surface area contributed by atoms with E-state index in [1.807, 2.05) is 42.6 Å². The van der Waals surface area contributed by atoms with Crippen LogP contribution in [0.5, 0.6) is 11.5 Å². The molecule has 0 bridgehead atoms. The van der Waals surface area contributed by atoms with Crippen molar-refractivity contribution in [3.63, 3.8) is 0 Å². The molecular weight excluding hydrogens is 416 g/mol. The van der Waals surface area contributed by atoms with Crippen LogP contribution in [0.1, 0.15) is 11.7 Å². The van der Waals surface area contributed by atoms with Gasteiger partial charge in [0.05, 0.1) is 17.1 Å². The summed E-state index contributed by atoms with van der Waals surface area (Å²) in [6.45, 7) is 1.46. The standard InChI is InChI=1S/C26H20N4O3/c1-17(31)30-25(15-24(27-30)18-7-11-21(32)12-8-18)23-16-29(20-5-3-2-4-6-20)28-26(23)19-9-13-22(33)14-10-19/h2-16,32-33H,1H3. The van der Waals surface area contributed by atoms with Crippen molar-refractivity contribution < 1.29 is 15.0 Å². The van der Waals surface area contributed by atoms with Crippen LogP contribution in [0.2, 0.25) is 0 Å². The Morgan fingerprint density at radius 1 is 0.788 bits per heavy atom. The molecule has 0 saturated carbocycles. The molecule has 2 aromatic heterocycles. The van der Waals surface area contributed by atoms with Gasteiger partial charge in [-0.15, -0.1) is 0 Å². The van der Waals surface area contributed by atoms with Crippen molar-refractivity contribution in [2.45, 2.75) is 6.92 Å². The first-order valence-electron chi connectivity index (χ1n) is 10.3. The molecule has 5 rings (SSSR count). The molecule has 0 saturated heterocycles. The number of phenolic OH excluding ortho intramolecular Hbond substituents is 2. The molecule has 2 N–H and O–H groups in total. The normalized spacial score (nSPS) is 10.9. The van der Waals surface area contributed by atoms with Gasteiger partial charge in [0.1, 0.15) is 17.2 Å². The van der Waals surface area contributed by atoms with E-state index in [1.165, 1.54) is 11.6 Å². The maximum absolute atomic E-state index is 12.5. The fourth-order valence-electron chi connectivity index (χ4n) is 3.69. The molecule has 0 spiro atoms. The second-order valence-electron chi connectivity index (χ2n) is 7.61. The molecule has 0 fully saturated rings. The molecule has 0 aliphatic heterocycles. The first-order chi connectivity index (χ1) is 16.0. The Morgan fingerprint density at radius 2 is 1.39 bits per heavy atom. The van der Waals surface area contributed by atoms with E-state index >= 15 is 0 Å². The summed E-state index contributed by atoms with van der Waals surface area (Å²) in [5, 5.41) is 28.7. The number of rotatable bonds is 4. The summed E-state index contributed by atoms with van der Waals surface area (Å²) in [6.07, 6.45) is 1.87. The molecule has 5 aromatic rings. The van der Waals surface area contributed by atoms with Crippen LogP contribution in [0, 0.1) is 0 Å². The number of aromatic nitrogens is 4. The van der Waals surface area contributed by atoms with Gasteiger partial charge in [0, 0.05) is 29.8 Å². The predicted molar refractivity (Wildman–Crippen MR) is 125 cm³/mol. The third-order valence-electron chi connectivity index (χ3n) is 5.32. The number of hydrogen-bond donors (Lipinski definition) is 2. The van der Waals surface area contributed by atoms with Crippen molar-refractivity contribution in [3.05, 3.63) is 91.1 Å². The molecule has 0 aliphatic rings. The molecule has 162 valence electrons. The fourth-order valence-corrected chi connectivity index (χ4v) is 3.69. The van der Waals surface area contributed by atoms with Gasteiger partial charge in [-0.2, -0.15) is 14.9 Å². The first-order valence-corrected chi connectivity index (χ1v) is 10.3. The van der Waals surface area contributed by atoms with Gasteiger partial charge in [0.2, 0.25) is 5.91 Å². The Hall–Kier alpha value is -4.65. The van der Waals surface area contributed by atoms with Crippen molar-refractivity contribution in [1.29, 1.82) is 0 Å². The summed E-state index contributed by atoms with van der Waals surface area (Å²) in [5.74, 6) is 0.0778. The van der Waals surface area contributed by atoms with Crippen LogP contribution in [0.3, 0.4) is 0 Å². The smallest absolute Gasteiger partial charge is 0.244 e. The topological polar surface area (TPSA) is 93.2 Å². The van der Waals surface area contributed by atoms with Crippen LogP contribution < -0.4 is 0 Å². The molecule has 3 aromatic carbocycles. The summed E-state index contributed by atoms with van der Waals surface area (Å²) in [7, 11) is 0. The van der Waals surface area contributed by atoms with Gasteiger partial charge < -0.3 is 10.2 Å². The molecule has 0 amide bonds. The van der Waals surface area contributed by atoms with Gasteiger partial charge in [-0.3, -0.25) is 4.79 Å². The third-order valence-corrected chi connectivity index (χ3v) is 5.32. The fraction of sp³-hybridized carbons (Fsp3) is 0.0385. The lowest BCUT2D eigenvalue weighted by Gasteiger charge is -2.04. The number of hydrogen-bond acceptors (Lipinski definition) is 5. The number of nitrogens with zero attached hydrogens (tertiary/aromatic N) is 4. The summed E-state index contributed by atoms with van der Waals surface area (Å²) in [5.41, 5.74) is 5.00. The average Bonchev–Trinajstić information content (AvgIpc) is 3.46. The number of aromatic hydroxyl groups is 2. The van der Waals surface area contributed by atoms with Crippen LogP contribution in [0.15, 0.2) is 91.1 Å². The average molecular weight is 436 g/mol. The van der Waals surface area contributed by atoms with E-state index in [-0.39, 0.29) is 17.4 Å². The van der Waals surface area contributed by atoms with Gasteiger partial charge in [-0.05, 0) is 66.7 Å². The zero-order chi connectivity index (χ0) is 22.9. The lowest BCUT2D eigenvalue weighted by Crippen LogP contribution is -2.09. The van der Waals surface area contributed by atoms with Crippen molar-refractivity contribution in [2.75, 3.05) is 0 Å². The van der Waals surface area contributed by atoms with E-state index in [9.17, 15) is 15.0 Å². The zero-order valence-corrected chi connectivity index (χ0v) is 17.8. The van der Waals surface area contributed by atoms with E-state index in [1.54, 1.807) is 53.2 Å². The van der Waals surface area contributed by atoms with E-state index in [4.69, 9.17) is 5.10 Å². The van der Waals surface area contributed by atoms with Crippen LogP contribution >= 0.6 is 0 Å². The lowest BCUT2D eigenvalue weighted by molar-refractivity contribution is 0.0923. The molecule has 0 unspecified atom stereocenters. The van der Waals surface area contributed by atoms with E-state index in [2.05, 4.69) is 5.10 Å². The van der Waals surface area contributed by atoms with Crippen LogP contribution in [-0.4, -0.2) is 35.7 Å². The molecule has 7 nitrogen and oxygen atoms in total. The summed E-state index contributed by atoms with van der Waals surface area (Å²) in [6, 6.07) is 25.0. The highest BCUT2D eigenvalue weighted by Gasteiger charge is 2.21. The molecule has 0 aliphatic carbocycles. The quantitative estimate of drug-likeness (QED) is 0.407. The van der Waals surface area contributed by atoms with Gasteiger partial charge in [0.15, 0.2) is 0 Å². The van der Waals surface area contributed by atoms with E-state index in [0.717, 1.165) is 22.4 Å². The van der Waals surface area contributed by atoms with Crippen molar-refractivity contribution in [2.24, 2.45) is 0 Å². The lowest BCUT2D eigenvalue weighted by atomic mass is 10.0. The SMILES string of the molecule is CC(=O)n1nc(-c2ccc(O)cc2)cc1-c1cn(-c2ccccc2)nc1-c1ccc(O)cc1. The Morgan fingerprint density at radius 3 is 2.00 bits per heavy atom. The zero-order valence-electron chi connectivity index (χ0n) is 17.8. The second kappa shape index (κ2) is 8.12. The number of phenols is 2. The second-order valence-corrected chi connectivity index (χ2v) is 7.61. The predicted octanol–water partition coefficient (Wildman–Crippen LogP) is 5.14. The summed E-state index contributed by atoms with van der Waals surface area (Å²) < 4.78 is 3.12. The Labute approximate surface area is 189 Å². The maximum atomic E-state index is 12.5. The van der Waals surface area contributed by atoms with E-state index in [0.29, 0.717) is 17.1 Å². The Kier molecular flexibility index (Phi) is 4.99. The monoisotopic (exact) mass is 436 g/mol. The van der Waals surface area contributed by atoms with Gasteiger partial charge in [-0.1, -0.05) is 18.2 Å².